The molecule has 4 rings (SSSR count). The molecule has 1 fully saturated rings. The molecule has 144 valence electrons. The van der Waals surface area contributed by atoms with E-state index in [1.165, 1.54) is 10.3 Å². The average molecular weight is 376 g/mol. The first-order valence-electron chi connectivity index (χ1n) is 9.79. The number of phenols is 1. The van der Waals surface area contributed by atoms with Crippen LogP contribution in [0.3, 0.4) is 0 Å². The number of phenolic OH excluding ortho intramolecular Hbond substituents is 1. The lowest BCUT2D eigenvalue weighted by atomic mass is 10.1. The summed E-state index contributed by atoms with van der Waals surface area (Å²) in [5, 5.41) is 15.4. The smallest absolute Gasteiger partial charge is 0.282 e. The van der Waals surface area contributed by atoms with Crippen LogP contribution in [0.1, 0.15) is 6.92 Å². The lowest BCUT2D eigenvalue weighted by Gasteiger charge is -2.36. The Kier molecular flexibility index (Phi) is 5.17. The van der Waals surface area contributed by atoms with Crippen LogP contribution in [-0.4, -0.2) is 43.2 Å². The normalized spacial score (nSPS) is 16.1. The minimum atomic E-state index is -0.127. The fraction of sp³-hybridized carbons (Fsp3) is 0.261. The van der Waals surface area contributed by atoms with E-state index in [1.807, 2.05) is 55.5 Å². The summed E-state index contributed by atoms with van der Waals surface area (Å²) in [5.74, 6) is 0.356. The molecule has 1 heterocycles. The average Bonchev–Trinajstić information content (AvgIpc) is 2.73. The van der Waals surface area contributed by atoms with Crippen molar-refractivity contribution in [2.24, 2.45) is 0 Å². The number of benzene rings is 3. The number of amides is 1. The molecule has 1 aliphatic heterocycles. The number of hydrogen-bond donors (Lipinski definition) is 3. The molecule has 1 atom stereocenters. The van der Waals surface area contributed by atoms with Crippen LogP contribution in [0.15, 0.2) is 66.7 Å². The first kappa shape index (κ1) is 18.3. The summed E-state index contributed by atoms with van der Waals surface area (Å²) in [6.45, 7) is 5.35. The van der Waals surface area contributed by atoms with Crippen LogP contribution in [-0.2, 0) is 4.79 Å². The van der Waals surface area contributed by atoms with Crippen molar-refractivity contribution in [1.29, 1.82) is 0 Å². The largest absolute Gasteiger partial charge is 0.506 e. The predicted molar refractivity (Wildman–Crippen MR) is 113 cm³/mol. The number of hydrogen-bond acceptors (Lipinski definition) is 3. The van der Waals surface area contributed by atoms with Gasteiger partial charge in [0.15, 0.2) is 6.04 Å². The Bertz CT molecular complexity index is 980. The van der Waals surface area contributed by atoms with Crippen molar-refractivity contribution in [3.63, 3.8) is 0 Å². The molecular formula is C23H26N3O2+. The topological polar surface area (TPSA) is 57.0 Å². The monoisotopic (exact) mass is 376 g/mol. The van der Waals surface area contributed by atoms with Gasteiger partial charge in [0, 0.05) is 5.69 Å². The van der Waals surface area contributed by atoms with Gasteiger partial charge >= 0.3 is 0 Å². The first-order valence-corrected chi connectivity index (χ1v) is 9.79. The van der Waals surface area contributed by atoms with Crippen molar-refractivity contribution in [3.05, 3.63) is 66.7 Å². The minimum Gasteiger partial charge on any atom is -0.506 e. The van der Waals surface area contributed by atoms with Gasteiger partial charge in [0.05, 0.1) is 31.9 Å². The summed E-state index contributed by atoms with van der Waals surface area (Å²) < 4.78 is 0. The number of nitrogens with one attached hydrogen (secondary N) is 2. The Labute approximate surface area is 165 Å². The van der Waals surface area contributed by atoms with E-state index in [2.05, 4.69) is 22.3 Å². The molecule has 3 N–H and O–H groups in total. The second kappa shape index (κ2) is 7.90. The van der Waals surface area contributed by atoms with E-state index in [0.29, 0.717) is 5.75 Å². The van der Waals surface area contributed by atoms with E-state index < -0.39 is 0 Å². The summed E-state index contributed by atoms with van der Waals surface area (Å²) in [7, 11) is 0. The van der Waals surface area contributed by atoms with E-state index >= 15 is 0 Å². The number of aromatic hydroxyl groups is 1. The summed E-state index contributed by atoms with van der Waals surface area (Å²) >= 11 is 0. The third kappa shape index (κ3) is 3.80. The van der Waals surface area contributed by atoms with Crippen molar-refractivity contribution in [1.82, 2.24) is 0 Å². The maximum Gasteiger partial charge on any atom is 0.282 e. The van der Waals surface area contributed by atoms with Crippen LogP contribution in [0.4, 0.5) is 11.4 Å². The fourth-order valence-corrected chi connectivity index (χ4v) is 3.90. The predicted octanol–water partition coefficient (Wildman–Crippen LogP) is 2.28. The highest BCUT2D eigenvalue weighted by Gasteiger charge is 2.29. The van der Waals surface area contributed by atoms with E-state index in [9.17, 15) is 9.90 Å². The van der Waals surface area contributed by atoms with Crippen molar-refractivity contribution >= 4 is 28.1 Å². The molecule has 5 nitrogen and oxygen atoms in total. The molecule has 0 radical (unpaired) electrons. The SMILES string of the molecule is C[C@H](C(=O)Nc1ccc2ccccc2c1)[NH+]1CCN(c2ccccc2O)CC1. The highest BCUT2D eigenvalue weighted by Crippen LogP contribution is 2.26. The van der Waals surface area contributed by atoms with Gasteiger partial charge in [0.1, 0.15) is 5.75 Å². The second-order valence-electron chi connectivity index (χ2n) is 7.41. The fourth-order valence-electron chi connectivity index (χ4n) is 3.90. The molecule has 28 heavy (non-hydrogen) atoms. The number of anilines is 2. The van der Waals surface area contributed by atoms with Gasteiger partial charge in [-0.1, -0.05) is 42.5 Å². The molecule has 0 bridgehead atoms. The molecule has 5 heteroatoms. The number of quaternary nitrogens is 1. The van der Waals surface area contributed by atoms with Gasteiger partial charge in [-0.05, 0) is 42.0 Å². The molecule has 3 aromatic rings. The number of rotatable bonds is 4. The maximum atomic E-state index is 12.8. The van der Waals surface area contributed by atoms with Gasteiger partial charge in [-0.3, -0.25) is 4.79 Å². The Morgan fingerprint density at radius 2 is 1.68 bits per heavy atom. The van der Waals surface area contributed by atoms with Crippen LogP contribution >= 0.6 is 0 Å². The van der Waals surface area contributed by atoms with Crippen LogP contribution < -0.4 is 15.1 Å². The van der Waals surface area contributed by atoms with E-state index in [0.717, 1.165) is 42.9 Å². The van der Waals surface area contributed by atoms with Crippen molar-refractivity contribution in [2.45, 2.75) is 13.0 Å². The number of nitrogens with zero attached hydrogens (tertiary/aromatic N) is 1. The molecule has 1 saturated heterocycles. The van der Waals surface area contributed by atoms with Crippen molar-refractivity contribution in [2.75, 3.05) is 36.4 Å². The number of piperazine rings is 1. The highest BCUT2D eigenvalue weighted by atomic mass is 16.3. The van der Waals surface area contributed by atoms with Gasteiger partial charge in [-0.15, -0.1) is 0 Å². The van der Waals surface area contributed by atoms with Crippen LogP contribution in [0, 0.1) is 0 Å². The molecule has 0 aliphatic carbocycles. The Hall–Kier alpha value is -3.05. The Morgan fingerprint density at radius 1 is 1.00 bits per heavy atom. The van der Waals surface area contributed by atoms with E-state index in [4.69, 9.17) is 0 Å². The molecule has 1 aliphatic rings. The maximum absolute atomic E-state index is 12.8. The summed E-state index contributed by atoms with van der Waals surface area (Å²) in [4.78, 5) is 16.2. The zero-order valence-electron chi connectivity index (χ0n) is 16.1. The highest BCUT2D eigenvalue weighted by molar-refractivity contribution is 5.96. The van der Waals surface area contributed by atoms with Gasteiger partial charge in [0.25, 0.3) is 5.91 Å². The summed E-state index contributed by atoms with van der Waals surface area (Å²) in [5.41, 5.74) is 1.71. The zero-order valence-corrected chi connectivity index (χ0v) is 16.1. The third-order valence-electron chi connectivity index (χ3n) is 5.65. The molecule has 0 unspecified atom stereocenters. The minimum absolute atomic E-state index is 0.0429. The summed E-state index contributed by atoms with van der Waals surface area (Å²) in [6.07, 6.45) is 0. The van der Waals surface area contributed by atoms with E-state index in [-0.39, 0.29) is 11.9 Å². The summed E-state index contributed by atoms with van der Waals surface area (Å²) in [6, 6.07) is 21.5. The molecule has 0 aromatic heterocycles. The van der Waals surface area contributed by atoms with Gasteiger partial charge < -0.3 is 20.2 Å². The van der Waals surface area contributed by atoms with Gasteiger partial charge in [-0.25, -0.2) is 0 Å². The first-order chi connectivity index (χ1) is 13.6. The Morgan fingerprint density at radius 3 is 2.43 bits per heavy atom. The lowest BCUT2D eigenvalue weighted by molar-refractivity contribution is -0.914. The molecule has 3 aromatic carbocycles. The molecule has 1 amide bonds. The Balaban J connectivity index is 1.37. The number of carbonyl (C=O) groups is 1. The number of carbonyl (C=O) groups excluding carboxylic acids is 1. The van der Waals surface area contributed by atoms with Crippen molar-refractivity contribution < 1.29 is 14.8 Å². The number of para-hydroxylation sites is 2. The number of fused-ring (bicyclic) bond motifs is 1. The van der Waals surface area contributed by atoms with Gasteiger partial charge in [0.2, 0.25) is 0 Å². The quantitative estimate of drug-likeness (QED) is 0.655. The van der Waals surface area contributed by atoms with Crippen LogP contribution in [0.25, 0.3) is 10.8 Å². The molecular weight excluding hydrogens is 350 g/mol. The lowest BCUT2D eigenvalue weighted by Crippen LogP contribution is -3.19. The van der Waals surface area contributed by atoms with Crippen LogP contribution in [0.5, 0.6) is 5.75 Å². The molecule has 0 spiro atoms. The standard InChI is InChI=1S/C23H25N3O2/c1-17(23(28)24-20-11-10-18-6-2-3-7-19(18)16-20)25-12-14-26(15-13-25)21-8-4-5-9-22(21)27/h2-11,16-17,27H,12-15H2,1H3,(H,24,28)/p+1/t17-/m1/s1. The second-order valence-corrected chi connectivity index (χ2v) is 7.41. The van der Waals surface area contributed by atoms with Crippen LogP contribution in [0.2, 0.25) is 0 Å². The van der Waals surface area contributed by atoms with Gasteiger partial charge in [-0.2, -0.15) is 0 Å². The third-order valence-corrected chi connectivity index (χ3v) is 5.65. The van der Waals surface area contributed by atoms with E-state index in [1.54, 1.807) is 6.07 Å². The molecule has 0 saturated carbocycles. The zero-order chi connectivity index (χ0) is 19.5. The van der Waals surface area contributed by atoms with Crippen molar-refractivity contribution in [3.8, 4) is 5.75 Å².